The minimum absolute atomic E-state index is 0.240. The molecule has 2 heterocycles. The van der Waals surface area contributed by atoms with Gasteiger partial charge >= 0.3 is 11.7 Å². The molecule has 0 aliphatic heterocycles. The van der Waals surface area contributed by atoms with Crippen molar-refractivity contribution in [3.05, 3.63) is 70.9 Å². The topological polar surface area (TPSA) is 93.8 Å². The maximum atomic E-state index is 12.3. The van der Waals surface area contributed by atoms with Crippen LogP contribution in [0.1, 0.15) is 5.56 Å². The number of carbonyl (C=O) groups is 1. The molecule has 0 unspecified atom stereocenters. The van der Waals surface area contributed by atoms with E-state index in [1.807, 2.05) is 36.4 Å². The zero-order chi connectivity index (χ0) is 18.4. The zero-order valence-electron chi connectivity index (χ0n) is 14.4. The van der Waals surface area contributed by atoms with E-state index >= 15 is 0 Å². The number of rotatable bonds is 6. The molecule has 2 aromatic heterocycles. The standard InChI is InChI=1S/C18H20N6O2/c1-23-16(15-8-5-9-19-13-15)22-24(18(23)26)11-10-20-17(25)21-12-14-6-3-2-4-7-14/h2-9,13H,10-12H2,1H3,(H2,20,21,25). The van der Waals surface area contributed by atoms with Crippen LogP contribution in [0.4, 0.5) is 4.79 Å². The van der Waals surface area contributed by atoms with E-state index in [0.29, 0.717) is 18.9 Å². The maximum absolute atomic E-state index is 12.3. The van der Waals surface area contributed by atoms with Gasteiger partial charge in [-0.15, -0.1) is 5.10 Å². The molecule has 8 nitrogen and oxygen atoms in total. The summed E-state index contributed by atoms with van der Waals surface area (Å²) in [5.74, 6) is 0.539. The highest BCUT2D eigenvalue weighted by Gasteiger charge is 2.12. The second-order valence-electron chi connectivity index (χ2n) is 5.73. The molecule has 0 saturated carbocycles. The molecule has 26 heavy (non-hydrogen) atoms. The first-order valence-corrected chi connectivity index (χ1v) is 8.25. The Morgan fingerprint density at radius 3 is 2.65 bits per heavy atom. The van der Waals surface area contributed by atoms with Gasteiger partial charge in [-0.05, 0) is 17.7 Å². The third kappa shape index (κ3) is 4.15. The van der Waals surface area contributed by atoms with E-state index in [1.165, 1.54) is 9.25 Å². The third-order valence-electron chi connectivity index (χ3n) is 3.87. The molecular formula is C18H20N6O2. The fourth-order valence-electron chi connectivity index (χ4n) is 2.50. The summed E-state index contributed by atoms with van der Waals surface area (Å²) in [5.41, 5.74) is 1.54. The molecule has 0 fully saturated rings. The molecule has 2 amide bonds. The van der Waals surface area contributed by atoms with E-state index in [-0.39, 0.29) is 18.3 Å². The Morgan fingerprint density at radius 1 is 1.12 bits per heavy atom. The second kappa shape index (κ2) is 8.11. The highest BCUT2D eigenvalue weighted by Crippen LogP contribution is 2.12. The number of nitrogens with zero attached hydrogens (tertiary/aromatic N) is 4. The number of carbonyl (C=O) groups excluding carboxylic acids is 1. The summed E-state index contributed by atoms with van der Waals surface area (Å²) in [7, 11) is 1.66. The number of pyridine rings is 1. The molecule has 0 aliphatic rings. The molecule has 0 radical (unpaired) electrons. The number of aromatic nitrogens is 4. The lowest BCUT2D eigenvalue weighted by Gasteiger charge is -2.07. The summed E-state index contributed by atoms with van der Waals surface area (Å²) >= 11 is 0. The van der Waals surface area contributed by atoms with Crippen molar-refractivity contribution < 1.29 is 4.79 Å². The Labute approximate surface area is 150 Å². The Balaban J connectivity index is 1.54. The number of nitrogens with one attached hydrogen (secondary N) is 2. The van der Waals surface area contributed by atoms with Crippen LogP contribution in [-0.4, -0.2) is 31.9 Å². The summed E-state index contributed by atoms with van der Waals surface area (Å²) in [6, 6.07) is 13.0. The lowest BCUT2D eigenvalue weighted by molar-refractivity contribution is 0.240. The summed E-state index contributed by atoms with van der Waals surface area (Å²) in [5, 5.41) is 9.82. The SMILES string of the molecule is Cn1c(-c2cccnc2)nn(CCNC(=O)NCc2ccccc2)c1=O. The van der Waals surface area contributed by atoms with Gasteiger partial charge in [0, 0.05) is 38.1 Å². The third-order valence-corrected chi connectivity index (χ3v) is 3.87. The average Bonchev–Trinajstić information content (AvgIpc) is 2.96. The molecule has 0 atom stereocenters. The van der Waals surface area contributed by atoms with Gasteiger partial charge in [0.25, 0.3) is 0 Å². The highest BCUT2D eigenvalue weighted by molar-refractivity contribution is 5.73. The fraction of sp³-hybridized carbons (Fsp3) is 0.222. The van der Waals surface area contributed by atoms with E-state index in [0.717, 1.165) is 11.1 Å². The first-order chi connectivity index (χ1) is 12.6. The Hall–Kier alpha value is -3.42. The second-order valence-corrected chi connectivity index (χ2v) is 5.73. The van der Waals surface area contributed by atoms with Crippen molar-refractivity contribution in [1.29, 1.82) is 0 Å². The van der Waals surface area contributed by atoms with E-state index in [1.54, 1.807) is 25.5 Å². The van der Waals surface area contributed by atoms with Crippen molar-refractivity contribution in [1.82, 2.24) is 30.0 Å². The van der Waals surface area contributed by atoms with Crippen molar-refractivity contribution in [2.75, 3.05) is 6.54 Å². The van der Waals surface area contributed by atoms with Crippen LogP contribution in [0.25, 0.3) is 11.4 Å². The van der Waals surface area contributed by atoms with Gasteiger partial charge in [0.2, 0.25) is 0 Å². The van der Waals surface area contributed by atoms with Gasteiger partial charge in [-0.3, -0.25) is 9.55 Å². The quantitative estimate of drug-likeness (QED) is 0.696. The van der Waals surface area contributed by atoms with E-state index in [4.69, 9.17) is 0 Å². The van der Waals surface area contributed by atoms with Crippen molar-refractivity contribution in [2.24, 2.45) is 7.05 Å². The van der Waals surface area contributed by atoms with Gasteiger partial charge in [0.05, 0.1) is 6.54 Å². The van der Waals surface area contributed by atoms with Gasteiger partial charge < -0.3 is 10.6 Å². The molecule has 3 aromatic rings. The largest absolute Gasteiger partial charge is 0.345 e. The van der Waals surface area contributed by atoms with Gasteiger partial charge in [-0.25, -0.2) is 14.3 Å². The van der Waals surface area contributed by atoms with Crippen molar-refractivity contribution >= 4 is 6.03 Å². The number of benzene rings is 1. The zero-order valence-corrected chi connectivity index (χ0v) is 14.4. The smallest absolute Gasteiger partial charge is 0.336 e. The van der Waals surface area contributed by atoms with Crippen molar-refractivity contribution in [3.8, 4) is 11.4 Å². The van der Waals surface area contributed by atoms with Crippen LogP contribution in [0.2, 0.25) is 0 Å². The van der Waals surface area contributed by atoms with Gasteiger partial charge in [0.15, 0.2) is 5.82 Å². The molecule has 0 saturated heterocycles. The van der Waals surface area contributed by atoms with Crippen molar-refractivity contribution in [3.63, 3.8) is 0 Å². The van der Waals surface area contributed by atoms with E-state index < -0.39 is 0 Å². The molecule has 3 rings (SSSR count). The van der Waals surface area contributed by atoms with E-state index in [9.17, 15) is 9.59 Å². The van der Waals surface area contributed by atoms with Crippen LogP contribution in [0.3, 0.4) is 0 Å². The number of amides is 2. The molecular weight excluding hydrogens is 332 g/mol. The van der Waals surface area contributed by atoms with Gasteiger partial charge in [-0.1, -0.05) is 30.3 Å². The molecule has 2 N–H and O–H groups in total. The molecule has 8 heteroatoms. The molecule has 134 valence electrons. The van der Waals surface area contributed by atoms with Crippen LogP contribution in [-0.2, 0) is 20.1 Å². The van der Waals surface area contributed by atoms with Crippen LogP contribution >= 0.6 is 0 Å². The first-order valence-electron chi connectivity index (χ1n) is 8.25. The Morgan fingerprint density at radius 2 is 1.92 bits per heavy atom. The minimum atomic E-state index is -0.287. The monoisotopic (exact) mass is 352 g/mol. The number of hydrogen-bond acceptors (Lipinski definition) is 4. The first kappa shape index (κ1) is 17.4. The van der Waals surface area contributed by atoms with Gasteiger partial charge in [-0.2, -0.15) is 0 Å². The summed E-state index contributed by atoms with van der Waals surface area (Å²) in [4.78, 5) is 28.1. The predicted molar refractivity (Wildman–Crippen MR) is 97.4 cm³/mol. The molecule has 0 bridgehead atoms. The fourth-order valence-corrected chi connectivity index (χ4v) is 2.50. The number of hydrogen-bond donors (Lipinski definition) is 2. The van der Waals surface area contributed by atoms with Crippen molar-refractivity contribution in [2.45, 2.75) is 13.1 Å². The predicted octanol–water partition coefficient (Wildman–Crippen LogP) is 1.14. The highest BCUT2D eigenvalue weighted by atomic mass is 16.2. The molecule has 0 aliphatic carbocycles. The van der Waals surface area contributed by atoms with E-state index in [2.05, 4.69) is 20.7 Å². The summed E-state index contributed by atoms with van der Waals surface area (Å²) in [6.45, 7) is 1.02. The summed E-state index contributed by atoms with van der Waals surface area (Å²) in [6.07, 6.45) is 3.32. The normalized spacial score (nSPS) is 10.5. The Kier molecular flexibility index (Phi) is 5.43. The maximum Gasteiger partial charge on any atom is 0.345 e. The van der Waals surface area contributed by atoms with Gasteiger partial charge in [0.1, 0.15) is 0 Å². The van der Waals surface area contributed by atoms with Crippen LogP contribution in [0.5, 0.6) is 0 Å². The lowest BCUT2D eigenvalue weighted by Crippen LogP contribution is -2.38. The average molecular weight is 352 g/mol. The molecule has 0 spiro atoms. The minimum Gasteiger partial charge on any atom is -0.336 e. The lowest BCUT2D eigenvalue weighted by atomic mass is 10.2. The number of urea groups is 1. The van der Waals surface area contributed by atoms with Crippen LogP contribution < -0.4 is 16.3 Å². The molecule has 1 aromatic carbocycles. The Bertz CT molecular complexity index is 918. The van der Waals surface area contributed by atoms with Crippen LogP contribution in [0, 0.1) is 0 Å². The summed E-state index contributed by atoms with van der Waals surface area (Å²) < 4.78 is 2.80. The van der Waals surface area contributed by atoms with Crippen LogP contribution in [0.15, 0.2) is 59.7 Å².